The third kappa shape index (κ3) is 20.1. The van der Waals surface area contributed by atoms with Crippen LogP contribution < -0.4 is 0 Å². The minimum Gasteiger partial charge on any atom is -0.0654 e. The van der Waals surface area contributed by atoms with Gasteiger partial charge < -0.3 is 0 Å². The Kier molecular flexibility index (Phi) is 27.3. The molecule has 2 atom stereocenters. The normalized spacial score (nSPS) is 11.7. The lowest BCUT2D eigenvalue weighted by Gasteiger charge is -2.21. The fourth-order valence-electron chi connectivity index (χ4n) is 14.6. The average Bonchev–Trinajstić information content (AvgIpc) is 0.870. The van der Waals surface area contributed by atoms with Crippen LogP contribution in [0.4, 0.5) is 0 Å². The zero-order valence-electron chi connectivity index (χ0n) is 63.3. The number of hydrogen-bond donors (Lipinski definition) is 0. The Balaban J connectivity index is 0.000000166. The summed E-state index contributed by atoms with van der Waals surface area (Å²) in [6, 6.07) is 60.9. The van der Waals surface area contributed by atoms with Crippen molar-refractivity contribution in [3.63, 3.8) is 0 Å². The summed E-state index contributed by atoms with van der Waals surface area (Å²) >= 11 is 0. The van der Waals surface area contributed by atoms with Crippen molar-refractivity contribution < 1.29 is 0 Å². The second kappa shape index (κ2) is 34.7. The molecule has 12 aromatic rings. The zero-order chi connectivity index (χ0) is 69.4. The molecule has 0 fully saturated rings. The number of aryl methyl sites for hydroxylation is 19. The molecule has 12 rings (SSSR count). The van der Waals surface area contributed by atoms with E-state index in [1.54, 1.807) is 11.1 Å². The maximum absolute atomic E-state index is 2.46. The molecule has 0 aliphatic rings. The molecule has 2 unspecified atom stereocenters. The van der Waals surface area contributed by atoms with E-state index in [2.05, 4.69) is 323 Å². The third-order valence-corrected chi connectivity index (χ3v) is 20.2. The van der Waals surface area contributed by atoms with Gasteiger partial charge in [0.1, 0.15) is 0 Å². The van der Waals surface area contributed by atoms with Crippen LogP contribution in [0.15, 0.2) is 164 Å². The molecule has 0 radical (unpaired) electrons. The van der Waals surface area contributed by atoms with E-state index in [-0.39, 0.29) is 0 Å². The summed E-state index contributed by atoms with van der Waals surface area (Å²) in [5.41, 5.74) is 29.3. The molecule has 12 aromatic carbocycles. The third-order valence-electron chi connectivity index (χ3n) is 20.2. The minimum atomic E-state index is 0.821. The van der Waals surface area contributed by atoms with Gasteiger partial charge in [-0.3, -0.25) is 0 Å². The van der Waals surface area contributed by atoms with Crippen LogP contribution in [0.3, 0.4) is 0 Å². The van der Waals surface area contributed by atoms with Crippen molar-refractivity contribution in [2.75, 3.05) is 0 Å². The van der Waals surface area contributed by atoms with Crippen LogP contribution in [0.5, 0.6) is 0 Å². The predicted molar refractivity (Wildman–Crippen MR) is 428 cm³/mol. The molecule has 0 heteroatoms. The lowest BCUT2D eigenvalue weighted by atomic mass is 9.84. The van der Waals surface area contributed by atoms with Gasteiger partial charge in [-0.15, -0.1) is 0 Å². The summed E-state index contributed by atoms with van der Waals surface area (Å²) in [4.78, 5) is 0. The first-order valence-electron chi connectivity index (χ1n) is 36.1. The average molecular weight is 1260 g/mol. The number of fused-ring (bicyclic) bond motifs is 6. The van der Waals surface area contributed by atoms with Gasteiger partial charge in [-0.05, 0) is 288 Å². The molecule has 0 aliphatic carbocycles. The van der Waals surface area contributed by atoms with Crippen molar-refractivity contribution >= 4 is 64.6 Å². The van der Waals surface area contributed by atoms with E-state index in [0.717, 1.165) is 11.8 Å². The number of rotatable bonds is 12. The first-order valence-corrected chi connectivity index (χ1v) is 36.1. The molecule has 0 aromatic heterocycles. The summed E-state index contributed by atoms with van der Waals surface area (Å²) in [5.74, 6) is 1.64. The van der Waals surface area contributed by atoms with E-state index in [1.165, 1.54) is 235 Å². The summed E-state index contributed by atoms with van der Waals surface area (Å²) in [6.45, 7) is 50.8. The zero-order valence-corrected chi connectivity index (χ0v) is 63.3. The molecule has 0 aliphatic heterocycles. The van der Waals surface area contributed by atoms with E-state index in [9.17, 15) is 0 Å². The smallest absolute Gasteiger partial charge is 0.0125 e. The van der Waals surface area contributed by atoms with Crippen LogP contribution in [0, 0.1) is 143 Å². The highest BCUT2D eigenvalue weighted by Gasteiger charge is 2.17. The van der Waals surface area contributed by atoms with Crippen molar-refractivity contribution in [1.29, 1.82) is 0 Å². The first kappa shape index (κ1) is 74.6. The van der Waals surface area contributed by atoms with Crippen LogP contribution in [0.1, 0.15) is 196 Å². The molecule has 0 amide bonds. The Bertz CT molecular complexity index is 4390. The van der Waals surface area contributed by atoms with E-state index in [0.29, 0.717) is 0 Å². The highest BCUT2D eigenvalue weighted by Crippen LogP contribution is 2.34. The van der Waals surface area contributed by atoms with Crippen LogP contribution in [0.25, 0.3) is 64.6 Å². The van der Waals surface area contributed by atoms with Crippen molar-refractivity contribution in [1.82, 2.24) is 0 Å². The molecular weight excluding hydrogens is 1140 g/mol. The van der Waals surface area contributed by atoms with E-state index < -0.39 is 0 Å². The summed E-state index contributed by atoms with van der Waals surface area (Å²) in [6.07, 6.45) is 13.2. The van der Waals surface area contributed by atoms with Crippen molar-refractivity contribution in [2.45, 2.75) is 223 Å². The molecule has 0 bridgehead atoms. The van der Waals surface area contributed by atoms with E-state index >= 15 is 0 Å². The fraction of sp³-hybridized carbons (Fsp3) is 0.368. The van der Waals surface area contributed by atoms with Gasteiger partial charge in [-0.1, -0.05) is 293 Å². The summed E-state index contributed by atoms with van der Waals surface area (Å²) < 4.78 is 0. The monoisotopic (exact) mass is 1260 g/mol. The summed E-state index contributed by atoms with van der Waals surface area (Å²) in [7, 11) is 0. The second-order valence-electron chi connectivity index (χ2n) is 28.9. The van der Waals surface area contributed by atoms with Gasteiger partial charge in [0.05, 0.1) is 0 Å². The van der Waals surface area contributed by atoms with Crippen LogP contribution in [0.2, 0.25) is 0 Å². The Morgan fingerprint density at radius 1 is 0.242 bits per heavy atom. The SMILES string of the molecule is CCCCC(CC)Cc1cc(C)cc2c(CC(CC)CCCC)c(C)ccc12.Cc1cc(C)c2c(C)cc(C)cc2c1.Cc1cc(C)c2ccc(C)c(C)c2c1.Cc1cc(C)c2ccc(C)c(C)c2c1.Cc1ccc2c(C)cc(C)cc2c1.Cc1ccc2cc(C)ccc2c1. The van der Waals surface area contributed by atoms with Crippen LogP contribution in [-0.2, 0) is 12.8 Å². The second-order valence-corrected chi connectivity index (χ2v) is 28.9. The van der Waals surface area contributed by atoms with Crippen LogP contribution in [-0.4, -0.2) is 0 Å². The highest BCUT2D eigenvalue weighted by atomic mass is 14.2. The maximum atomic E-state index is 2.46. The van der Waals surface area contributed by atoms with Gasteiger partial charge in [0.15, 0.2) is 0 Å². The molecule has 0 saturated heterocycles. The lowest BCUT2D eigenvalue weighted by Crippen LogP contribution is -2.07. The number of benzene rings is 12. The Labute approximate surface area is 577 Å². The van der Waals surface area contributed by atoms with E-state index in [4.69, 9.17) is 0 Å². The van der Waals surface area contributed by atoms with Gasteiger partial charge in [0, 0.05) is 0 Å². The highest BCUT2D eigenvalue weighted by molar-refractivity contribution is 5.93. The van der Waals surface area contributed by atoms with Gasteiger partial charge >= 0.3 is 0 Å². The molecule has 498 valence electrons. The van der Waals surface area contributed by atoms with Crippen molar-refractivity contribution in [3.05, 3.63) is 281 Å². The van der Waals surface area contributed by atoms with Gasteiger partial charge in [0.25, 0.3) is 0 Å². The quantitative estimate of drug-likeness (QED) is 0.114. The first-order chi connectivity index (χ1) is 45.2. The Morgan fingerprint density at radius 3 is 1.05 bits per heavy atom. The topological polar surface area (TPSA) is 0 Å². The predicted octanol–water partition coefficient (Wildman–Crippen LogP) is 28.4. The fourth-order valence-corrected chi connectivity index (χ4v) is 14.6. The molecule has 0 N–H and O–H groups in total. The molecule has 95 heavy (non-hydrogen) atoms. The standard InChI is InChI=1S/C28H44.3C14H16.C13H14.C12H12/c1-7-11-13-23(9-3)19-25-17-21(5)18-28-26(25)16-15-22(6)27(28)20-24(10-4)14-12-8-2;1-9-5-11(3)14-12(4)6-10(2)8-13(14)7-9;2*1-9-7-11(3)13-6-5-10(2)12(4)14(13)8-9;1-9-4-5-13-11(3)6-10(2)8-12(13)7-9;1-9-3-5-12-8-10(2)4-6-11(12)7-9/h15-18,23-24H,7-14,19-20H2,1-6H3;3*5-8H,1-4H3;4-8H,1-3H3;3-8H,1-2H3. The summed E-state index contributed by atoms with van der Waals surface area (Å²) in [5, 5.41) is 16.8. The molecule has 0 spiro atoms. The van der Waals surface area contributed by atoms with E-state index in [1.807, 2.05) is 0 Å². The Hall–Kier alpha value is -7.80. The molecule has 0 heterocycles. The van der Waals surface area contributed by atoms with Crippen molar-refractivity contribution in [3.8, 4) is 0 Å². The number of unbranched alkanes of at least 4 members (excludes halogenated alkanes) is 2. The molecule has 0 nitrogen and oxygen atoms in total. The minimum absolute atomic E-state index is 0.821. The van der Waals surface area contributed by atoms with Gasteiger partial charge in [-0.25, -0.2) is 0 Å². The maximum Gasteiger partial charge on any atom is -0.0125 e. The molecule has 0 saturated carbocycles. The molecular formula is C95H118. The van der Waals surface area contributed by atoms with Crippen LogP contribution >= 0.6 is 0 Å². The largest absolute Gasteiger partial charge is 0.0654 e. The van der Waals surface area contributed by atoms with Gasteiger partial charge in [-0.2, -0.15) is 0 Å². The van der Waals surface area contributed by atoms with Crippen molar-refractivity contribution in [2.24, 2.45) is 11.8 Å². The van der Waals surface area contributed by atoms with Gasteiger partial charge in [0.2, 0.25) is 0 Å². The Morgan fingerprint density at radius 2 is 0.589 bits per heavy atom. The lowest BCUT2D eigenvalue weighted by molar-refractivity contribution is 0.449. The number of hydrogen-bond acceptors (Lipinski definition) is 0.